The van der Waals surface area contributed by atoms with Gasteiger partial charge in [0.25, 0.3) is 5.91 Å². The van der Waals surface area contributed by atoms with Crippen molar-refractivity contribution in [3.05, 3.63) is 16.1 Å². The van der Waals surface area contributed by atoms with Gasteiger partial charge in [-0.1, -0.05) is 20.3 Å². The quantitative estimate of drug-likeness (QED) is 0.856. The van der Waals surface area contributed by atoms with Crippen molar-refractivity contribution in [3.63, 3.8) is 0 Å². The number of aromatic nitrogens is 1. The van der Waals surface area contributed by atoms with E-state index in [4.69, 9.17) is 0 Å². The minimum absolute atomic E-state index is 0.0277. The second kappa shape index (κ2) is 7.17. The molecule has 4 heterocycles. The smallest absolute Gasteiger partial charge is 0.273 e. The van der Waals surface area contributed by atoms with Crippen molar-refractivity contribution in [3.8, 4) is 0 Å². The summed E-state index contributed by atoms with van der Waals surface area (Å²) in [5.41, 5.74) is 0.433. The molecule has 3 fully saturated rings. The van der Waals surface area contributed by atoms with Crippen molar-refractivity contribution >= 4 is 23.2 Å². The maximum absolute atomic E-state index is 12.7. The molecular formula is C20H30N4O2S. The molecule has 27 heavy (non-hydrogen) atoms. The Morgan fingerprint density at radius 2 is 2.15 bits per heavy atom. The molecule has 1 aromatic rings. The van der Waals surface area contributed by atoms with Crippen LogP contribution >= 0.6 is 11.3 Å². The lowest BCUT2D eigenvalue weighted by Crippen LogP contribution is -2.56. The van der Waals surface area contributed by atoms with Crippen LogP contribution in [-0.4, -0.2) is 64.9 Å². The number of nitrogens with one attached hydrogen (secondary N) is 1. The monoisotopic (exact) mass is 390 g/mol. The molecule has 1 aromatic heterocycles. The molecule has 6 nitrogen and oxygen atoms in total. The number of carbonyl (C=O) groups excluding carboxylic acids is 2. The largest absolute Gasteiger partial charge is 0.350 e. The van der Waals surface area contributed by atoms with Crippen molar-refractivity contribution in [2.75, 3.05) is 32.7 Å². The molecule has 7 heteroatoms. The van der Waals surface area contributed by atoms with Gasteiger partial charge in [0.05, 0.1) is 10.9 Å². The SMILES string of the molecule is CC[C@@H](C)CN1C[C@H]2C(=O)NC3(CCN(C(=O)c4csc(C)n4)CC3)[C@H]2C1. The van der Waals surface area contributed by atoms with Crippen LogP contribution in [0, 0.1) is 24.7 Å². The first-order chi connectivity index (χ1) is 12.9. The van der Waals surface area contributed by atoms with Crippen LogP contribution in [0.15, 0.2) is 5.38 Å². The second-order valence-electron chi connectivity index (χ2n) is 8.63. The summed E-state index contributed by atoms with van der Waals surface area (Å²) in [5.74, 6) is 1.43. The van der Waals surface area contributed by atoms with E-state index >= 15 is 0 Å². The second-order valence-corrected chi connectivity index (χ2v) is 9.70. The summed E-state index contributed by atoms with van der Waals surface area (Å²) in [6.07, 6.45) is 2.88. The molecule has 3 saturated heterocycles. The van der Waals surface area contributed by atoms with E-state index in [2.05, 4.69) is 29.0 Å². The first-order valence-electron chi connectivity index (χ1n) is 10.2. The highest BCUT2D eigenvalue weighted by atomic mass is 32.1. The summed E-state index contributed by atoms with van der Waals surface area (Å²) in [6.45, 7) is 10.8. The Bertz CT molecular complexity index is 725. The third-order valence-corrected chi connectivity index (χ3v) is 7.64. The fourth-order valence-electron chi connectivity index (χ4n) is 5.09. The summed E-state index contributed by atoms with van der Waals surface area (Å²) < 4.78 is 0. The van der Waals surface area contributed by atoms with Crippen molar-refractivity contribution in [1.29, 1.82) is 0 Å². The standard InChI is InChI=1S/C20H30N4O2S/c1-4-13(2)9-23-10-15-16(11-23)20(22-18(15)25)5-7-24(8-6-20)19(26)17-12-27-14(3)21-17/h12-13,15-16H,4-11H2,1-3H3,(H,22,25)/t13-,15-,16+/m1/s1. The van der Waals surface area contributed by atoms with E-state index < -0.39 is 0 Å². The van der Waals surface area contributed by atoms with E-state index in [1.165, 1.54) is 17.8 Å². The van der Waals surface area contributed by atoms with Gasteiger partial charge in [-0.2, -0.15) is 0 Å². The van der Waals surface area contributed by atoms with Gasteiger partial charge in [0, 0.05) is 49.6 Å². The van der Waals surface area contributed by atoms with Gasteiger partial charge in [0.1, 0.15) is 5.69 Å². The topological polar surface area (TPSA) is 65.5 Å². The van der Waals surface area contributed by atoms with Crippen LogP contribution in [0.25, 0.3) is 0 Å². The van der Waals surface area contributed by atoms with Crippen LogP contribution in [-0.2, 0) is 4.79 Å². The van der Waals surface area contributed by atoms with Gasteiger partial charge < -0.3 is 15.1 Å². The summed E-state index contributed by atoms with van der Waals surface area (Å²) in [6, 6.07) is 0. The number of amides is 2. The zero-order chi connectivity index (χ0) is 19.2. The number of carbonyl (C=O) groups is 2. The van der Waals surface area contributed by atoms with Gasteiger partial charge in [0.15, 0.2) is 0 Å². The van der Waals surface area contributed by atoms with E-state index in [1.54, 1.807) is 0 Å². The molecule has 0 unspecified atom stereocenters. The minimum atomic E-state index is -0.124. The number of rotatable bonds is 4. The highest BCUT2D eigenvalue weighted by molar-refractivity contribution is 7.09. The number of thiazole rings is 1. The zero-order valence-electron chi connectivity index (χ0n) is 16.5. The molecule has 0 saturated carbocycles. The van der Waals surface area contributed by atoms with E-state index in [1.807, 2.05) is 17.2 Å². The van der Waals surface area contributed by atoms with Gasteiger partial charge in [-0.05, 0) is 25.7 Å². The first-order valence-corrected chi connectivity index (χ1v) is 11.1. The third kappa shape index (κ3) is 3.40. The van der Waals surface area contributed by atoms with Gasteiger partial charge in [0.2, 0.25) is 5.91 Å². The number of hydrogen-bond acceptors (Lipinski definition) is 5. The van der Waals surface area contributed by atoms with Crippen LogP contribution in [0.4, 0.5) is 0 Å². The predicted molar refractivity (Wildman–Crippen MR) is 106 cm³/mol. The van der Waals surface area contributed by atoms with Crippen LogP contribution in [0.2, 0.25) is 0 Å². The fourth-order valence-corrected chi connectivity index (χ4v) is 5.68. The molecule has 2 amide bonds. The van der Waals surface area contributed by atoms with Crippen molar-refractivity contribution in [2.45, 2.75) is 45.6 Å². The normalized spacial score (nSPS) is 28.4. The maximum Gasteiger partial charge on any atom is 0.273 e. The Labute approximate surface area is 165 Å². The Kier molecular flexibility index (Phi) is 5.01. The molecule has 1 N–H and O–H groups in total. The number of aryl methyl sites for hydroxylation is 1. The Balaban J connectivity index is 1.41. The maximum atomic E-state index is 12.7. The van der Waals surface area contributed by atoms with Crippen molar-refractivity contribution in [1.82, 2.24) is 20.1 Å². The average molecular weight is 391 g/mol. The van der Waals surface area contributed by atoms with Gasteiger partial charge in [-0.3, -0.25) is 9.59 Å². The molecular weight excluding hydrogens is 360 g/mol. The molecule has 0 aromatic carbocycles. The number of piperidine rings is 1. The molecule has 4 rings (SSSR count). The van der Waals surface area contributed by atoms with E-state index in [0.29, 0.717) is 30.6 Å². The molecule has 3 aliphatic rings. The first kappa shape index (κ1) is 18.9. The Hall–Kier alpha value is -1.47. The fraction of sp³-hybridized carbons (Fsp3) is 0.750. The average Bonchev–Trinajstić information content (AvgIpc) is 3.33. The molecule has 3 aliphatic heterocycles. The van der Waals surface area contributed by atoms with Crippen LogP contribution in [0.1, 0.15) is 48.6 Å². The Morgan fingerprint density at radius 1 is 1.41 bits per heavy atom. The highest BCUT2D eigenvalue weighted by Crippen LogP contribution is 2.44. The molecule has 0 bridgehead atoms. The summed E-state index contributed by atoms with van der Waals surface area (Å²) in [7, 11) is 0. The van der Waals surface area contributed by atoms with E-state index in [0.717, 1.165) is 37.5 Å². The highest BCUT2D eigenvalue weighted by Gasteiger charge is 2.57. The lowest BCUT2D eigenvalue weighted by atomic mass is 9.75. The zero-order valence-corrected chi connectivity index (χ0v) is 17.3. The number of likely N-dealkylation sites (tertiary alicyclic amines) is 2. The van der Waals surface area contributed by atoms with E-state index in [-0.39, 0.29) is 23.3 Å². The lowest BCUT2D eigenvalue weighted by molar-refractivity contribution is -0.123. The van der Waals surface area contributed by atoms with Gasteiger partial charge in [-0.15, -0.1) is 11.3 Å². The number of nitrogens with zero attached hydrogens (tertiary/aromatic N) is 3. The molecule has 0 radical (unpaired) electrons. The van der Waals surface area contributed by atoms with Gasteiger partial charge >= 0.3 is 0 Å². The van der Waals surface area contributed by atoms with Crippen molar-refractivity contribution in [2.24, 2.45) is 17.8 Å². The van der Waals surface area contributed by atoms with Crippen molar-refractivity contribution < 1.29 is 9.59 Å². The van der Waals surface area contributed by atoms with Crippen LogP contribution in [0.5, 0.6) is 0 Å². The molecule has 0 aliphatic carbocycles. The van der Waals surface area contributed by atoms with Gasteiger partial charge in [-0.25, -0.2) is 4.98 Å². The third-order valence-electron chi connectivity index (χ3n) is 6.86. The van der Waals surface area contributed by atoms with Crippen LogP contribution < -0.4 is 5.32 Å². The predicted octanol–water partition coefficient (Wildman–Crippen LogP) is 2.15. The molecule has 148 valence electrons. The molecule has 3 atom stereocenters. The van der Waals surface area contributed by atoms with Crippen LogP contribution in [0.3, 0.4) is 0 Å². The minimum Gasteiger partial charge on any atom is -0.350 e. The summed E-state index contributed by atoms with van der Waals surface area (Å²) >= 11 is 1.51. The number of fused-ring (bicyclic) bond motifs is 2. The number of hydrogen-bond donors (Lipinski definition) is 1. The summed E-state index contributed by atoms with van der Waals surface area (Å²) in [5, 5.41) is 6.11. The molecule has 1 spiro atoms. The lowest BCUT2D eigenvalue weighted by Gasteiger charge is -2.42. The van der Waals surface area contributed by atoms with E-state index in [9.17, 15) is 9.59 Å². The Morgan fingerprint density at radius 3 is 2.78 bits per heavy atom. The summed E-state index contributed by atoms with van der Waals surface area (Å²) in [4.78, 5) is 34.1.